The van der Waals surface area contributed by atoms with Gasteiger partial charge in [-0.15, -0.1) is 0 Å². The van der Waals surface area contributed by atoms with Gasteiger partial charge in [0.1, 0.15) is 0 Å². The van der Waals surface area contributed by atoms with Crippen molar-refractivity contribution in [1.29, 1.82) is 0 Å². The normalized spacial score (nSPS) is 29.0. The van der Waals surface area contributed by atoms with Gasteiger partial charge in [0.25, 0.3) is 0 Å². The highest BCUT2D eigenvalue weighted by atomic mass is 35.6. The Morgan fingerprint density at radius 2 is 1.92 bits per heavy atom. The summed E-state index contributed by atoms with van der Waals surface area (Å²) in [6.07, 6.45) is 4.74. The minimum absolute atomic E-state index is 0.0354. The van der Waals surface area contributed by atoms with E-state index in [1.807, 2.05) is 0 Å². The van der Waals surface area contributed by atoms with E-state index in [4.69, 9.17) is 34.8 Å². The molecule has 0 radical (unpaired) electrons. The SMILES string of the molecule is CC1=CC(C)(C(Cl)(Cl)Cl)C=CC1=O. The largest absolute Gasteiger partial charge is 0.290 e. The van der Waals surface area contributed by atoms with Crippen molar-refractivity contribution in [2.45, 2.75) is 17.6 Å². The zero-order valence-electron chi connectivity index (χ0n) is 7.27. The van der Waals surface area contributed by atoms with Crippen molar-refractivity contribution in [3.63, 3.8) is 0 Å². The molecule has 0 N–H and O–H groups in total. The highest BCUT2D eigenvalue weighted by molar-refractivity contribution is 6.68. The first-order valence-electron chi connectivity index (χ1n) is 3.76. The Morgan fingerprint density at radius 1 is 1.38 bits per heavy atom. The summed E-state index contributed by atoms with van der Waals surface area (Å²) in [5.74, 6) is -0.0354. The van der Waals surface area contributed by atoms with E-state index in [2.05, 4.69) is 0 Å². The van der Waals surface area contributed by atoms with Crippen LogP contribution in [0.5, 0.6) is 0 Å². The number of hydrogen-bond acceptors (Lipinski definition) is 1. The van der Waals surface area contributed by atoms with Crippen molar-refractivity contribution < 1.29 is 4.79 Å². The Balaban J connectivity index is 3.10. The first-order chi connectivity index (χ1) is 5.76. The molecule has 1 aliphatic rings. The molecule has 0 saturated carbocycles. The lowest BCUT2D eigenvalue weighted by atomic mass is 9.84. The van der Waals surface area contributed by atoms with E-state index in [-0.39, 0.29) is 5.78 Å². The van der Waals surface area contributed by atoms with Gasteiger partial charge >= 0.3 is 0 Å². The van der Waals surface area contributed by atoms with Gasteiger partial charge in [-0.2, -0.15) is 0 Å². The lowest BCUT2D eigenvalue weighted by molar-refractivity contribution is -0.111. The van der Waals surface area contributed by atoms with Crippen molar-refractivity contribution in [1.82, 2.24) is 0 Å². The summed E-state index contributed by atoms with van der Waals surface area (Å²) in [4.78, 5) is 11.1. The topological polar surface area (TPSA) is 17.1 Å². The fraction of sp³-hybridized carbons (Fsp3) is 0.444. The molecule has 72 valence electrons. The number of carbonyl (C=O) groups is 1. The van der Waals surface area contributed by atoms with Gasteiger partial charge in [-0.1, -0.05) is 47.0 Å². The maximum atomic E-state index is 11.1. The third-order valence-electron chi connectivity index (χ3n) is 2.10. The van der Waals surface area contributed by atoms with Crippen molar-refractivity contribution in [2.75, 3.05) is 0 Å². The molecule has 0 amide bonds. The van der Waals surface area contributed by atoms with Crippen molar-refractivity contribution in [2.24, 2.45) is 5.41 Å². The van der Waals surface area contributed by atoms with E-state index in [1.165, 1.54) is 6.08 Å². The lowest BCUT2D eigenvalue weighted by Gasteiger charge is -2.32. The number of ketones is 1. The first kappa shape index (κ1) is 11.1. The van der Waals surface area contributed by atoms with Crippen LogP contribution in [0, 0.1) is 5.41 Å². The van der Waals surface area contributed by atoms with Crippen LogP contribution in [-0.2, 0) is 4.79 Å². The van der Waals surface area contributed by atoms with Crippen molar-refractivity contribution in [3.8, 4) is 0 Å². The van der Waals surface area contributed by atoms with Gasteiger partial charge in [-0.3, -0.25) is 4.79 Å². The average molecular weight is 240 g/mol. The van der Waals surface area contributed by atoms with E-state index in [0.29, 0.717) is 5.57 Å². The first-order valence-corrected chi connectivity index (χ1v) is 4.89. The Bertz CT molecular complexity index is 298. The average Bonchev–Trinajstić information content (AvgIpc) is 1.95. The van der Waals surface area contributed by atoms with Crippen molar-refractivity contribution >= 4 is 40.6 Å². The second-order valence-corrected chi connectivity index (χ2v) is 5.59. The molecule has 1 atom stereocenters. The van der Waals surface area contributed by atoms with Crippen LogP contribution in [0.1, 0.15) is 13.8 Å². The summed E-state index contributed by atoms with van der Waals surface area (Å²) in [5.41, 5.74) is -0.0910. The summed E-state index contributed by atoms with van der Waals surface area (Å²) < 4.78 is -1.43. The number of halogens is 3. The second kappa shape index (κ2) is 3.30. The number of alkyl halides is 3. The fourth-order valence-corrected chi connectivity index (χ4v) is 1.48. The molecule has 1 aliphatic carbocycles. The molecule has 1 unspecified atom stereocenters. The van der Waals surface area contributed by atoms with E-state index in [0.717, 1.165) is 0 Å². The van der Waals surface area contributed by atoms with Gasteiger partial charge < -0.3 is 0 Å². The summed E-state index contributed by atoms with van der Waals surface area (Å²) in [6, 6.07) is 0. The van der Waals surface area contributed by atoms with Gasteiger partial charge in [0.2, 0.25) is 3.79 Å². The highest BCUT2D eigenvalue weighted by Gasteiger charge is 2.42. The van der Waals surface area contributed by atoms with Gasteiger partial charge in [0.15, 0.2) is 5.78 Å². The Labute approximate surface area is 92.3 Å². The quantitative estimate of drug-likeness (QED) is 0.592. The monoisotopic (exact) mass is 238 g/mol. The van der Waals surface area contributed by atoms with Crippen LogP contribution in [0.3, 0.4) is 0 Å². The Hall–Kier alpha value is 0.0200. The van der Waals surface area contributed by atoms with Crippen LogP contribution >= 0.6 is 34.8 Å². The molecule has 0 fully saturated rings. The number of hydrogen-bond donors (Lipinski definition) is 0. The van der Waals surface area contributed by atoms with Crippen LogP contribution in [0.25, 0.3) is 0 Å². The minimum Gasteiger partial charge on any atom is -0.290 e. The summed E-state index contributed by atoms with van der Waals surface area (Å²) in [5, 5.41) is 0. The smallest absolute Gasteiger partial charge is 0.202 e. The predicted molar refractivity (Wildman–Crippen MR) is 56.3 cm³/mol. The van der Waals surface area contributed by atoms with E-state index in [1.54, 1.807) is 26.0 Å². The lowest BCUT2D eigenvalue weighted by Crippen LogP contribution is -2.31. The molecule has 0 aromatic rings. The zero-order valence-corrected chi connectivity index (χ0v) is 9.54. The zero-order chi connectivity index (χ0) is 10.3. The van der Waals surface area contributed by atoms with Gasteiger partial charge in [0.05, 0.1) is 5.41 Å². The minimum atomic E-state index is -1.43. The molecule has 1 rings (SSSR count). The molecule has 1 nitrogen and oxygen atoms in total. The van der Waals surface area contributed by atoms with Crippen molar-refractivity contribution in [3.05, 3.63) is 23.8 Å². The molecular formula is C9H9Cl3O. The van der Waals surface area contributed by atoms with Crippen LogP contribution in [-0.4, -0.2) is 9.58 Å². The van der Waals surface area contributed by atoms with Crippen LogP contribution in [0.15, 0.2) is 23.8 Å². The summed E-state index contributed by atoms with van der Waals surface area (Å²) in [7, 11) is 0. The molecule has 0 heterocycles. The highest BCUT2D eigenvalue weighted by Crippen LogP contribution is 2.48. The Kier molecular flexibility index (Phi) is 2.82. The maximum absolute atomic E-state index is 11.1. The van der Waals surface area contributed by atoms with Crippen LogP contribution in [0.2, 0.25) is 0 Å². The molecule has 0 aromatic carbocycles. The predicted octanol–water partition coefficient (Wildman–Crippen LogP) is 3.45. The van der Waals surface area contributed by atoms with Gasteiger partial charge in [0, 0.05) is 0 Å². The molecule has 0 aliphatic heterocycles. The third kappa shape index (κ3) is 2.09. The summed E-state index contributed by atoms with van der Waals surface area (Å²) in [6.45, 7) is 3.48. The van der Waals surface area contributed by atoms with Gasteiger partial charge in [-0.05, 0) is 25.5 Å². The second-order valence-electron chi connectivity index (χ2n) is 3.31. The summed E-state index contributed by atoms with van der Waals surface area (Å²) >= 11 is 17.4. The number of rotatable bonds is 0. The molecule has 0 aromatic heterocycles. The number of carbonyl (C=O) groups excluding carboxylic acids is 1. The molecule has 0 bridgehead atoms. The van der Waals surface area contributed by atoms with E-state index in [9.17, 15) is 4.79 Å². The van der Waals surface area contributed by atoms with E-state index < -0.39 is 9.21 Å². The van der Waals surface area contributed by atoms with E-state index >= 15 is 0 Å². The van der Waals surface area contributed by atoms with Crippen LogP contribution in [0.4, 0.5) is 0 Å². The third-order valence-corrected chi connectivity index (χ3v) is 3.32. The molecule has 13 heavy (non-hydrogen) atoms. The van der Waals surface area contributed by atoms with Gasteiger partial charge in [-0.25, -0.2) is 0 Å². The molecular weight excluding hydrogens is 230 g/mol. The van der Waals surface area contributed by atoms with Crippen LogP contribution < -0.4 is 0 Å². The standard InChI is InChI=1S/C9H9Cl3O/c1-6-5-8(2,9(10,11)12)4-3-7(6)13/h3-5H,1-2H3. The maximum Gasteiger partial charge on any atom is 0.202 e. The Morgan fingerprint density at radius 3 is 2.31 bits per heavy atom. The number of allylic oxidation sites excluding steroid dienone is 4. The molecule has 4 heteroatoms. The molecule has 0 spiro atoms. The fourth-order valence-electron chi connectivity index (χ4n) is 1.13. The molecule has 0 saturated heterocycles.